The molecular formula is C21H26N2O3S. The van der Waals surface area contributed by atoms with Crippen LogP contribution in [0, 0.1) is 0 Å². The normalized spacial score (nSPS) is 15.9. The van der Waals surface area contributed by atoms with Crippen molar-refractivity contribution in [2.24, 2.45) is 0 Å². The van der Waals surface area contributed by atoms with Crippen LogP contribution in [-0.4, -0.2) is 59.6 Å². The van der Waals surface area contributed by atoms with E-state index in [9.17, 15) is 9.90 Å². The molecule has 144 valence electrons. The number of carbonyl (C=O) groups excluding carboxylic acids is 1. The monoisotopic (exact) mass is 386 g/mol. The standard InChI is InChI=1S/C21H26N2O3S/c1-22(15-16-8-9-18(24)19(14-16)26-2)21(25)20(17-6-4-3-5-7-17)23-10-12-27-13-11-23/h3-9,14,20,24H,10-13,15H2,1-2H3/t20-/m1/s1. The maximum atomic E-state index is 13.4. The smallest absolute Gasteiger partial charge is 0.244 e. The van der Waals surface area contributed by atoms with Gasteiger partial charge in [0.05, 0.1) is 7.11 Å². The number of nitrogens with zero attached hydrogens (tertiary/aromatic N) is 2. The highest BCUT2D eigenvalue weighted by Gasteiger charge is 2.31. The van der Waals surface area contributed by atoms with Gasteiger partial charge in [-0.25, -0.2) is 0 Å². The zero-order chi connectivity index (χ0) is 19.2. The van der Waals surface area contributed by atoms with Crippen molar-refractivity contribution in [3.05, 3.63) is 59.7 Å². The molecule has 0 radical (unpaired) electrons. The molecule has 1 amide bonds. The minimum atomic E-state index is -0.267. The minimum Gasteiger partial charge on any atom is -0.504 e. The number of amides is 1. The molecule has 1 aliphatic rings. The Morgan fingerprint density at radius 1 is 1.22 bits per heavy atom. The fourth-order valence-corrected chi connectivity index (χ4v) is 4.29. The van der Waals surface area contributed by atoms with E-state index >= 15 is 0 Å². The van der Waals surface area contributed by atoms with Gasteiger partial charge in [-0.05, 0) is 23.3 Å². The van der Waals surface area contributed by atoms with Gasteiger partial charge in [-0.3, -0.25) is 9.69 Å². The molecule has 5 nitrogen and oxygen atoms in total. The molecule has 1 aliphatic heterocycles. The first-order chi connectivity index (χ1) is 13.1. The zero-order valence-corrected chi connectivity index (χ0v) is 16.6. The molecule has 0 unspecified atom stereocenters. The Kier molecular flexibility index (Phi) is 6.63. The van der Waals surface area contributed by atoms with Gasteiger partial charge in [0, 0.05) is 38.2 Å². The van der Waals surface area contributed by atoms with E-state index in [0.717, 1.165) is 35.7 Å². The lowest BCUT2D eigenvalue weighted by molar-refractivity contribution is -0.136. The predicted molar refractivity (Wildman–Crippen MR) is 109 cm³/mol. The third kappa shape index (κ3) is 4.76. The van der Waals surface area contributed by atoms with Crippen LogP contribution in [-0.2, 0) is 11.3 Å². The fourth-order valence-electron chi connectivity index (χ4n) is 3.36. The first-order valence-electron chi connectivity index (χ1n) is 9.07. The van der Waals surface area contributed by atoms with Crippen LogP contribution in [0.1, 0.15) is 17.2 Å². The molecule has 6 heteroatoms. The number of rotatable bonds is 6. The molecule has 27 heavy (non-hydrogen) atoms. The maximum Gasteiger partial charge on any atom is 0.244 e. The molecular weight excluding hydrogens is 360 g/mol. The van der Waals surface area contributed by atoms with Crippen molar-refractivity contribution < 1.29 is 14.6 Å². The van der Waals surface area contributed by atoms with Gasteiger partial charge in [-0.2, -0.15) is 11.8 Å². The van der Waals surface area contributed by atoms with Gasteiger partial charge >= 0.3 is 0 Å². The van der Waals surface area contributed by atoms with Crippen molar-refractivity contribution in [1.29, 1.82) is 0 Å². The Balaban J connectivity index is 1.80. The lowest BCUT2D eigenvalue weighted by Crippen LogP contribution is -2.44. The number of hydrogen-bond acceptors (Lipinski definition) is 5. The highest BCUT2D eigenvalue weighted by atomic mass is 32.2. The number of likely N-dealkylation sites (N-methyl/N-ethyl adjacent to an activating group) is 1. The second-order valence-corrected chi connectivity index (χ2v) is 7.89. The average Bonchev–Trinajstić information content (AvgIpc) is 2.71. The van der Waals surface area contributed by atoms with Crippen molar-refractivity contribution in [3.8, 4) is 11.5 Å². The van der Waals surface area contributed by atoms with Crippen molar-refractivity contribution in [3.63, 3.8) is 0 Å². The van der Waals surface area contributed by atoms with E-state index in [-0.39, 0.29) is 17.7 Å². The summed E-state index contributed by atoms with van der Waals surface area (Å²) in [5.74, 6) is 2.70. The summed E-state index contributed by atoms with van der Waals surface area (Å²) in [5.41, 5.74) is 1.95. The summed E-state index contributed by atoms with van der Waals surface area (Å²) in [4.78, 5) is 17.4. The number of carbonyl (C=O) groups is 1. The number of phenols is 1. The molecule has 2 aromatic carbocycles. The Hall–Kier alpha value is -2.18. The SMILES string of the molecule is COc1cc(CN(C)C(=O)[C@@H](c2ccccc2)N2CCSCC2)ccc1O. The molecule has 0 saturated carbocycles. The molecule has 0 aliphatic carbocycles. The fraction of sp³-hybridized carbons (Fsp3) is 0.381. The van der Waals surface area contributed by atoms with Crippen molar-refractivity contribution in [2.45, 2.75) is 12.6 Å². The summed E-state index contributed by atoms with van der Waals surface area (Å²) in [5, 5.41) is 9.77. The van der Waals surface area contributed by atoms with E-state index in [1.54, 1.807) is 17.0 Å². The van der Waals surface area contributed by atoms with E-state index in [4.69, 9.17) is 4.74 Å². The van der Waals surface area contributed by atoms with E-state index < -0.39 is 0 Å². The molecule has 1 atom stereocenters. The van der Waals surface area contributed by atoms with Crippen LogP contribution >= 0.6 is 11.8 Å². The number of aromatic hydroxyl groups is 1. The van der Waals surface area contributed by atoms with Crippen LogP contribution in [0.5, 0.6) is 11.5 Å². The van der Waals surface area contributed by atoms with Crippen molar-refractivity contribution in [1.82, 2.24) is 9.80 Å². The Morgan fingerprint density at radius 3 is 2.59 bits per heavy atom. The van der Waals surface area contributed by atoms with Crippen LogP contribution in [0.2, 0.25) is 0 Å². The highest BCUT2D eigenvalue weighted by Crippen LogP contribution is 2.29. The number of methoxy groups -OCH3 is 1. The van der Waals surface area contributed by atoms with Gasteiger partial charge in [-0.15, -0.1) is 0 Å². The molecule has 1 saturated heterocycles. The quantitative estimate of drug-likeness (QED) is 0.827. The lowest BCUT2D eigenvalue weighted by Gasteiger charge is -2.35. The predicted octanol–water partition coefficient (Wildman–Crippen LogP) is 3.15. The molecule has 0 bridgehead atoms. The summed E-state index contributed by atoms with van der Waals surface area (Å²) >= 11 is 1.94. The molecule has 0 spiro atoms. The second kappa shape index (κ2) is 9.15. The first-order valence-corrected chi connectivity index (χ1v) is 10.2. The topological polar surface area (TPSA) is 53.0 Å². The summed E-state index contributed by atoms with van der Waals surface area (Å²) in [7, 11) is 3.35. The van der Waals surface area contributed by atoms with E-state index in [1.165, 1.54) is 7.11 Å². The Bertz CT molecular complexity index is 763. The molecule has 0 aromatic heterocycles. The summed E-state index contributed by atoms with van der Waals surface area (Å²) in [6.45, 7) is 2.29. The van der Waals surface area contributed by atoms with Gasteiger partial charge in [0.2, 0.25) is 5.91 Å². The van der Waals surface area contributed by atoms with Crippen LogP contribution < -0.4 is 4.74 Å². The third-order valence-electron chi connectivity index (χ3n) is 4.80. The third-order valence-corrected chi connectivity index (χ3v) is 5.74. The number of ether oxygens (including phenoxy) is 1. The second-order valence-electron chi connectivity index (χ2n) is 6.66. The lowest BCUT2D eigenvalue weighted by atomic mass is 10.0. The summed E-state index contributed by atoms with van der Waals surface area (Å²) < 4.78 is 5.18. The molecule has 3 rings (SSSR count). The van der Waals surface area contributed by atoms with Gasteiger partial charge in [0.25, 0.3) is 0 Å². The number of benzene rings is 2. The summed E-state index contributed by atoms with van der Waals surface area (Å²) in [6, 6.07) is 14.9. The average molecular weight is 387 g/mol. The van der Waals surface area contributed by atoms with E-state index in [0.29, 0.717) is 12.3 Å². The van der Waals surface area contributed by atoms with Gasteiger partial charge < -0.3 is 14.7 Å². The zero-order valence-electron chi connectivity index (χ0n) is 15.8. The Morgan fingerprint density at radius 2 is 1.93 bits per heavy atom. The van der Waals surface area contributed by atoms with Crippen LogP contribution in [0.15, 0.2) is 48.5 Å². The number of thioether (sulfide) groups is 1. The van der Waals surface area contributed by atoms with Crippen LogP contribution in [0.3, 0.4) is 0 Å². The van der Waals surface area contributed by atoms with E-state index in [2.05, 4.69) is 4.90 Å². The highest BCUT2D eigenvalue weighted by molar-refractivity contribution is 7.99. The van der Waals surface area contributed by atoms with Crippen LogP contribution in [0.4, 0.5) is 0 Å². The minimum absolute atomic E-state index is 0.0835. The molecule has 1 N–H and O–H groups in total. The first kappa shape index (κ1) is 19.6. The van der Waals surface area contributed by atoms with Gasteiger partial charge in [0.15, 0.2) is 11.5 Å². The maximum absolute atomic E-state index is 13.4. The largest absolute Gasteiger partial charge is 0.504 e. The molecule has 1 heterocycles. The summed E-state index contributed by atoms with van der Waals surface area (Å²) in [6.07, 6.45) is 0. The van der Waals surface area contributed by atoms with E-state index in [1.807, 2.05) is 55.2 Å². The molecule has 1 fully saturated rings. The van der Waals surface area contributed by atoms with Crippen molar-refractivity contribution in [2.75, 3.05) is 38.8 Å². The van der Waals surface area contributed by atoms with Crippen LogP contribution in [0.25, 0.3) is 0 Å². The number of phenolic OH excluding ortho intramolecular Hbond substituents is 1. The van der Waals surface area contributed by atoms with Crippen molar-refractivity contribution >= 4 is 17.7 Å². The molecule has 2 aromatic rings. The van der Waals surface area contributed by atoms with Gasteiger partial charge in [-0.1, -0.05) is 36.4 Å². The Labute approximate surface area is 164 Å². The van der Waals surface area contributed by atoms with Gasteiger partial charge in [0.1, 0.15) is 6.04 Å². The number of hydrogen-bond donors (Lipinski definition) is 1.